The third-order valence-electron chi connectivity index (χ3n) is 2.75. The van der Waals surface area contributed by atoms with Gasteiger partial charge in [-0.1, -0.05) is 0 Å². The van der Waals surface area contributed by atoms with E-state index in [1.165, 1.54) is 0 Å². The molecular formula is C11H14ClNO. The predicted molar refractivity (Wildman–Crippen MR) is 56.4 cm³/mol. The summed E-state index contributed by atoms with van der Waals surface area (Å²) in [6.07, 6.45) is 5.41. The lowest BCUT2D eigenvalue weighted by Gasteiger charge is -2.36. The lowest BCUT2D eigenvalue weighted by Crippen LogP contribution is -2.35. The first-order chi connectivity index (χ1) is 6.71. The molecule has 0 saturated carbocycles. The molecule has 0 bridgehead atoms. The number of pyridine rings is 1. The molecule has 1 saturated heterocycles. The highest BCUT2D eigenvalue weighted by atomic mass is 35.5. The van der Waals surface area contributed by atoms with Gasteiger partial charge in [0.25, 0.3) is 0 Å². The lowest BCUT2D eigenvalue weighted by atomic mass is 9.89. The van der Waals surface area contributed by atoms with Crippen LogP contribution >= 0.6 is 11.6 Å². The van der Waals surface area contributed by atoms with Gasteiger partial charge in [0.1, 0.15) is 0 Å². The summed E-state index contributed by atoms with van der Waals surface area (Å²) in [5.74, 6) is 0. The van der Waals surface area contributed by atoms with E-state index in [1.807, 2.05) is 12.1 Å². The highest BCUT2D eigenvalue weighted by Crippen LogP contribution is 2.36. The average Bonchev–Trinajstić information content (AvgIpc) is 2.19. The van der Waals surface area contributed by atoms with Gasteiger partial charge in [-0.15, -0.1) is 11.6 Å². The fourth-order valence-corrected chi connectivity index (χ4v) is 2.28. The first kappa shape index (κ1) is 9.94. The van der Waals surface area contributed by atoms with E-state index in [1.54, 1.807) is 12.4 Å². The maximum atomic E-state index is 6.16. The second-order valence-electron chi connectivity index (χ2n) is 3.91. The quantitative estimate of drug-likeness (QED) is 0.667. The Morgan fingerprint density at radius 2 is 2.21 bits per heavy atom. The second kappa shape index (κ2) is 3.87. The van der Waals surface area contributed by atoms with Gasteiger partial charge in [0, 0.05) is 24.4 Å². The minimum atomic E-state index is -0.229. The van der Waals surface area contributed by atoms with Crippen molar-refractivity contribution in [1.82, 2.24) is 4.98 Å². The minimum Gasteiger partial charge on any atom is -0.370 e. The SMILES string of the molecule is CC1(c2ccncc2)CC(Cl)CCO1. The molecule has 1 aliphatic heterocycles. The summed E-state index contributed by atoms with van der Waals surface area (Å²) in [5, 5.41) is 0.224. The van der Waals surface area contributed by atoms with Crippen molar-refractivity contribution in [3.05, 3.63) is 30.1 Å². The van der Waals surface area contributed by atoms with Gasteiger partial charge in [-0.05, 0) is 37.5 Å². The van der Waals surface area contributed by atoms with Crippen LogP contribution < -0.4 is 0 Å². The number of halogens is 1. The Hall–Kier alpha value is -0.600. The molecule has 0 aliphatic carbocycles. The van der Waals surface area contributed by atoms with E-state index in [2.05, 4.69) is 11.9 Å². The zero-order valence-corrected chi connectivity index (χ0v) is 9.00. The number of hydrogen-bond acceptors (Lipinski definition) is 2. The molecule has 2 heterocycles. The van der Waals surface area contributed by atoms with Crippen molar-refractivity contribution < 1.29 is 4.74 Å². The summed E-state index contributed by atoms with van der Waals surface area (Å²) in [6.45, 7) is 2.84. The van der Waals surface area contributed by atoms with Gasteiger partial charge in [-0.3, -0.25) is 4.98 Å². The fourth-order valence-electron chi connectivity index (χ4n) is 1.90. The van der Waals surface area contributed by atoms with E-state index in [0.717, 1.165) is 25.0 Å². The molecule has 2 atom stereocenters. The molecular weight excluding hydrogens is 198 g/mol. The van der Waals surface area contributed by atoms with Crippen LogP contribution in [-0.4, -0.2) is 17.0 Å². The molecule has 2 rings (SSSR count). The van der Waals surface area contributed by atoms with Crippen molar-refractivity contribution in [1.29, 1.82) is 0 Å². The highest BCUT2D eigenvalue weighted by Gasteiger charge is 2.33. The van der Waals surface area contributed by atoms with E-state index in [-0.39, 0.29) is 11.0 Å². The summed E-state index contributed by atoms with van der Waals surface area (Å²) >= 11 is 6.16. The topological polar surface area (TPSA) is 22.1 Å². The molecule has 1 aromatic heterocycles. The molecule has 2 unspecified atom stereocenters. The number of rotatable bonds is 1. The van der Waals surface area contributed by atoms with E-state index in [4.69, 9.17) is 16.3 Å². The molecule has 1 aliphatic rings. The maximum absolute atomic E-state index is 6.16. The second-order valence-corrected chi connectivity index (χ2v) is 4.52. The van der Waals surface area contributed by atoms with Gasteiger partial charge in [-0.25, -0.2) is 0 Å². The molecule has 1 aromatic rings. The summed E-state index contributed by atoms with van der Waals surface area (Å²) in [5.41, 5.74) is 0.936. The summed E-state index contributed by atoms with van der Waals surface area (Å²) in [6, 6.07) is 3.99. The molecule has 76 valence electrons. The molecule has 14 heavy (non-hydrogen) atoms. The van der Waals surface area contributed by atoms with Crippen LogP contribution in [-0.2, 0) is 10.3 Å². The zero-order chi connectivity index (χ0) is 10.0. The fraction of sp³-hybridized carbons (Fsp3) is 0.545. The highest BCUT2D eigenvalue weighted by molar-refractivity contribution is 6.20. The Bertz CT molecular complexity index is 303. The molecule has 1 fully saturated rings. The molecule has 0 radical (unpaired) electrons. The van der Waals surface area contributed by atoms with Crippen LogP contribution in [0.15, 0.2) is 24.5 Å². The zero-order valence-electron chi connectivity index (χ0n) is 8.24. The van der Waals surface area contributed by atoms with Gasteiger partial charge in [0.15, 0.2) is 0 Å². The van der Waals surface area contributed by atoms with Gasteiger partial charge >= 0.3 is 0 Å². The monoisotopic (exact) mass is 211 g/mol. The first-order valence-corrected chi connectivity index (χ1v) is 5.33. The number of aromatic nitrogens is 1. The van der Waals surface area contributed by atoms with Crippen molar-refractivity contribution in [2.75, 3.05) is 6.61 Å². The van der Waals surface area contributed by atoms with Crippen LogP contribution in [0.5, 0.6) is 0 Å². The number of alkyl halides is 1. The smallest absolute Gasteiger partial charge is 0.0918 e. The minimum absolute atomic E-state index is 0.224. The van der Waals surface area contributed by atoms with Crippen molar-refractivity contribution in [3.8, 4) is 0 Å². The van der Waals surface area contributed by atoms with Gasteiger partial charge in [0.05, 0.1) is 5.60 Å². The van der Waals surface area contributed by atoms with Crippen LogP contribution in [0.25, 0.3) is 0 Å². The third-order valence-corrected chi connectivity index (χ3v) is 3.13. The third kappa shape index (κ3) is 1.91. The largest absolute Gasteiger partial charge is 0.370 e. The number of ether oxygens (including phenoxy) is 1. The van der Waals surface area contributed by atoms with Gasteiger partial charge < -0.3 is 4.74 Å². The van der Waals surface area contributed by atoms with E-state index in [0.29, 0.717) is 0 Å². The Kier molecular flexibility index (Phi) is 2.75. The lowest BCUT2D eigenvalue weighted by molar-refractivity contribution is -0.0684. The van der Waals surface area contributed by atoms with E-state index < -0.39 is 0 Å². The van der Waals surface area contributed by atoms with Crippen LogP contribution in [0.2, 0.25) is 0 Å². The van der Waals surface area contributed by atoms with Crippen molar-refractivity contribution in [3.63, 3.8) is 0 Å². The van der Waals surface area contributed by atoms with Crippen molar-refractivity contribution in [2.24, 2.45) is 0 Å². The molecule has 0 amide bonds. The average molecular weight is 212 g/mol. The Morgan fingerprint density at radius 3 is 2.86 bits per heavy atom. The Morgan fingerprint density at radius 1 is 1.50 bits per heavy atom. The predicted octanol–water partition coefficient (Wildman–Crippen LogP) is 2.71. The normalized spacial score (nSPS) is 32.9. The number of nitrogens with zero attached hydrogens (tertiary/aromatic N) is 1. The van der Waals surface area contributed by atoms with Crippen LogP contribution in [0.1, 0.15) is 25.3 Å². The van der Waals surface area contributed by atoms with Crippen LogP contribution in [0, 0.1) is 0 Å². The number of hydrogen-bond donors (Lipinski definition) is 0. The van der Waals surface area contributed by atoms with Crippen molar-refractivity contribution >= 4 is 11.6 Å². The summed E-state index contributed by atoms with van der Waals surface area (Å²) in [7, 11) is 0. The molecule has 2 nitrogen and oxygen atoms in total. The van der Waals surface area contributed by atoms with E-state index in [9.17, 15) is 0 Å². The molecule has 0 spiro atoms. The van der Waals surface area contributed by atoms with Gasteiger partial charge in [0.2, 0.25) is 0 Å². The molecule has 0 N–H and O–H groups in total. The molecule has 0 aromatic carbocycles. The first-order valence-electron chi connectivity index (χ1n) is 4.89. The van der Waals surface area contributed by atoms with Crippen LogP contribution in [0.4, 0.5) is 0 Å². The Labute approximate surface area is 89.3 Å². The van der Waals surface area contributed by atoms with E-state index >= 15 is 0 Å². The standard InChI is InChI=1S/C11H14ClNO/c1-11(8-10(12)4-7-14-11)9-2-5-13-6-3-9/h2-3,5-6,10H,4,7-8H2,1H3. The molecule has 3 heteroatoms. The summed E-state index contributed by atoms with van der Waals surface area (Å²) < 4.78 is 5.81. The maximum Gasteiger partial charge on any atom is 0.0918 e. The summed E-state index contributed by atoms with van der Waals surface area (Å²) in [4.78, 5) is 4.00. The Balaban J connectivity index is 2.23. The van der Waals surface area contributed by atoms with Crippen molar-refractivity contribution in [2.45, 2.75) is 30.7 Å². The van der Waals surface area contributed by atoms with Gasteiger partial charge in [-0.2, -0.15) is 0 Å². The van der Waals surface area contributed by atoms with Crippen LogP contribution in [0.3, 0.4) is 0 Å².